The van der Waals surface area contributed by atoms with Gasteiger partial charge in [-0.15, -0.1) is 11.3 Å². The minimum absolute atomic E-state index is 0.0122. The number of non-ortho nitro benzene ring substituents is 1. The van der Waals surface area contributed by atoms with Crippen molar-refractivity contribution in [1.82, 2.24) is 10.1 Å². The molecule has 1 aromatic carbocycles. The number of carbonyl (C=O) groups excluding carboxylic acids is 1. The van der Waals surface area contributed by atoms with E-state index in [9.17, 15) is 14.9 Å². The van der Waals surface area contributed by atoms with Gasteiger partial charge in [0.25, 0.3) is 11.6 Å². The van der Waals surface area contributed by atoms with E-state index >= 15 is 0 Å². The number of nitrogens with one attached hydrogen (secondary N) is 1. The number of amides is 1. The third kappa shape index (κ3) is 3.24. The standard InChI is InChI=1S/C14H10N4O4S/c1-8-6-12(22-17-8)13(19)16-14-15-11(7-23-14)9-2-4-10(5-3-9)18(20)21/h2-7H,1H3,(H,15,16,19). The third-order valence-electron chi connectivity index (χ3n) is 2.95. The second-order valence-corrected chi connectivity index (χ2v) is 5.49. The van der Waals surface area contributed by atoms with Gasteiger partial charge < -0.3 is 4.52 Å². The maximum atomic E-state index is 11.9. The van der Waals surface area contributed by atoms with Crippen molar-refractivity contribution in [2.24, 2.45) is 0 Å². The van der Waals surface area contributed by atoms with Crippen LogP contribution in [0.2, 0.25) is 0 Å². The van der Waals surface area contributed by atoms with Gasteiger partial charge in [-0.2, -0.15) is 0 Å². The molecule has 0 spiro atoms. The molecule has 0 aliphatic carbocycles. The zero-order valence-corrected chi connectivity index (χ0v) is 12.7. The summed E-state index contributed by atoms with van der Waals surface area (Å²) in [6, 6.07) is 7.56. The Labute approximate surface area is 133 Å². The molecule has 23 heavy (non-hydrogen) atoms. The Balaban J connectivity index is 1.75. The van der Waals surface area contributed by atoms with Crippen LogP contribution in [-0.4, -0.2) is 21.0 Å². The van der Waals surface area contributed by atoms with Gasteiger partial charge in [-0.05, 0) is 19.1 Å². The van der Waals surface area contributed by atoms with Gasteiger partial charge in [0.15, 0.2) is 5.13 Å². The molecule has 116 valence electrons. The molecule has 0 saturated heterocycles. The highest BCUT2D eigenvalue weighted by atomic mass is 32.1. The fourth-order valence-electron chi connectivity index (χ4n) is 1.85. The van der Waals surface area contributed by atoms with E-state index in [0.29, 0.717) is 16.5 Å². The van der Waals surface area contributed by atoms with Crippen LogP contribution < -0.4 is 5.32 Å². The lowest BCUT2D eigenvalue weighted by Crippen LogP contribution is -2.10. The first-order valence-electron chi connectivity index (χ1n) is 6.48. The van der Waals surface area contributed by atoms with E-state index in [1.165, 1.54) is 29.5 Å². The number of nitro benzene ring substituents is 1. The molecule has 0 radical (unpaired) electrons. The van der Waals surface area contributed by atoms with Crippen LogP contribution in [0.4, 0.5) is 10.8 Å². The van der Waals surface area contributed by atoms with Gasteiger partial charge in [0.1, 0.15) is 0 Å². The Bertz CT molecular complexity index is 869. The lowest BCUT2D eigenvalue weighted by atomic mass is 10.1. The van der Waals surface area contributed by atoms with Crippen LogP contribution in [0.5, 0.6) is 0 Å². The third-order valence-corrected chi connectivity index (χ3v) is 3.71. The predicted octanol–water partition coefficient (Wildman–Crippen LogP) is 3.27. The van der Waals surface area contributed by atoms with E-state index in [-0.39, 0.29) is 11.4 Å². The number of thiazole rings is 1. The van der Waals surface area contributed by atoms with Gasteiger partial charge in [-0.1, -0.05) is 5.16 Å². The molecule has 0 aliphatic rings. The molecule has 3 aromatic rings. The minimum atomic E-state index is -0.462. The average molecular weight is 330 g/mol. The maximum absolute atomic E-state index is 11.9. The van der Waals surface area contributed by atoms with Crippen molar-refractivity contribution >= 4 is 28.1 Å². The van der Waals surface area contributed by atoms with Crippen LogP contribution in [0.15, 0.2) is 40.2 Å². The van der Waals surface area contributed by atoms with Crippen LogP contribution in [0.1, 0.15) is 16.2 Å². The monoisotopic (exact) mass is 330 g/mol. The van der Waals surface area contributed by atoms with E-state index in [0.717, 1.165) is 5.56 Å². The van der Waals surface area contributed by atoms with Crippen LogP contribution in [0.3, 0.4) is 0 Å². The molecule has 1 N–H and O–H groups in total. The molecule has 1 amide bonds. The van der Waals surface area contributed by atoms with Crippen LogP contribution in [-0.2, 0) is 0 Å². The summed E-state index contributed by atoms with van der Waals surface area (Å²) in [6.07, 6.45) is 0. The molecule has 2 aromatic heterocycles. The second kappa shape index (κ2) is 5.97. The van der Waals surface area contributed by atoms with Gasteiger partial charge >= 0.3 is 0 Å². The number of rotatable bonds is 4. The van der Waals surface area contributed by atoms with Gasteiger partial charge in [0, 0.05) is 29.1 Å². The molecule has 8 nitrogen and oxygen atoms in total. The van der Waals surface area contributed by atoms with Crippen molar-refractivity contribution in [1.29, 1.82) is 0 Å². The lowest BCUT2D eigenvalue weighted by molar-refractivity contribution is -0.384. The lowest BCUT2D eigenvalue weighted by Gasteiger charge is -1.97. The fourth-order valence-corrected chi connectivity index (χ4v) is 2.56. The van der Waals surface area contributed by atoms with Gasteiger partial charge in [-0.3, -0.25) is 20.2 Å². The molecule has 0 aliphatic heterocycles. The second-order valence-electron chi connectivity index (χ2n) is 4.63. The number of carbonyl (C=O) groups is 1. The molecule has 0 unspecified atom stereocenters. The number of hydrogen-bond acceptors (Lipinski definition) is 7. The summed E-state index contributed by atoms with van der Waals surface area (Å²) in [7, 11) is 0. The first-order chi connectivity index (χ1) is 11.0. The van der Waals surface area contributed by atoms with Crippen molar-refractivity contribution in [3.63, 3.8) is 0 Å². The average Bonchev–Trinajstić information content (AvgIpc) is 3.16. The maximum Gasteiger partial charge on any atom is 0.296 e. The zero-order chi connectivity index (χ0) is 16.4. The van der Waals surface area contributed by atoms with Crippen molar-refractivity contribution < 1.29 is 14.2 Å². The Morgan fingerprint density at radius 3 is 2.70 bits per heavy atom. The Hall–Kier alpha value is -3.07. The summed E-state index contributed by atoms with van der Waals surface area (Å²) in [5, 5.41) is 19.1. The van der Waals surface area contributed by atoms with Crippen molar-refractivity contribution in [2.75, 3.05) is 5.32 Å². The molecule has 0 saturated carbocycles. The van der Waals surface area contributed by atoms with E-state index in [1.54, 1.807) is 24.4 Å². The fraction of sp³-hybridized carbons (Fsp3) is 0.0714. The van der Waals surface area contributed by atoms with E-state index < -0.39 is 10.8 Å². The molecule has 3 rings (SSSR count). The summed E-state index contributed by atoms with van der Waals surface area (Å²) in [6.45, 7) is 1.72. The van der Waals surface area contributed by atoms with Gasteiger partial charge in [0.05, 0.1) is 16.3 Å². The number of hydrogen-bond donors (Lipinski definition) is 1. The van der Waals surface area contributed by atoms with Crippen molar-refractivity contribution in [2.45, 2.75) is 6.92 Å². The Morgan fingerprint density at radius 1 is 1.35 bits per heavy atom. The molecular formula is C14H10N4O4S. The molecule has 0 atom stereocenters. The summed E-state index contributed by atoms with van der Waals surface area (Å²) >= 11 is 1.25. The highest BCUT2D eigenvalue weighted by molar-refractivity contribution is 7.14. The number of aryl methyl sites for hydroxylation is 1. The van der Waals surface area contributed by atoms with E-state index in [4.69, 9.17) is 4.52 Å². The van der Waals surface area contributed by atoms with E-state index in [1.807, 2.05) is 0 Å². The smallest absolute Gasteiger partial charge is 0.296 e. The number of nitrogens with zero attached hydrogens (tertiary/aromatic N) is 3. The summed E-state index contributed by atoms with van der Waals surface area (Å²) in [5.41, 5.74) is 1.97. The van der Waals surface area contributed by atoms with Crippen LogP contribution in [0, 0.1) is 17.0 Å². The van der Waals surface area contributed by atoms with Gasteiger partial charge in [0.2, 0.25) is 5.76 Å². The van der Waals surface area contributed by atoms with E-state index in [2.05, 4.69) is 15.5 Å². The number of nitro groups is 1. The van der Waals surface area contributed by atoms with Gasteiger partial charge in [-0.25, -0.2) is 4.98 Å². The minimum Gasteiger partial charge on any atom is -0.351 e. The first kappa shape index (κ1) is 14.9. The van der Waals surface area contributed by atoms with Crippen molar-refractivity contribution in [3.8, 4) is 11.3 Å². The SMILES string of the molecule is Cc1cc(C(=O)Nc2nc(-c3ccc([N+](=O)[O-])cc3)cs2)on1. The molecule has 9 heteroatoms. The molecule has 2 heterocycles. The van der Waals surface area contributed by atoms with Crippen LogP contribution >= 0.6 is 11.3 Å². The number of anilines is 1. The van der Waals surface area contributed by atoms with Crippen LogP contribution in [0.25, 0.3) is 11.3 Å². The number of benzene rings is 1. The van der Waals surface area contributed by atoms with Crippen molar-refractivity contribution in [3.05, 3.63) is 57.3 Å². The quantitative estimate of drug-likeness (QED) is 0.580. The highest BCUT2D eigenvalue weighted by Gasteiger charge is 2.14. The summed E-state index contributed by atoms with van der Waals surface area (Å²) in [4.78, 5) is 26.4. The first-order valence-corrected chi connectivity index (χ1v) is 7.36. The topological polar surface area (TPSA) is 111 Å². The normalized spacial score (nSPS) is 10.5. The Morgan fingerprint density at radius 2 is 2.09 bits per heavy atom. The molecule has 0 fully saturated rings. The summed E-state index contributed by atoms with van der Waals surface area (Å²) < 4.78 is 4.88. The molecule has 0 bridgehead atoms. The molecular weight excluding hydrogens is 320 g/mol. The Kier molecular flexibility index (Phi) is 3.85. The largest absolute Gasteiger partial charge is 0.351 e. The highest BCUT2D eigenvalue weighted by Crippen LogP contribution is 2.26. The predicted molar refractivity (Wildman–Crippen MR) is 83.4 cm³/mol. The number of aromatic nitrogens is 2. The zero-order valence-electron chi connectivity index (χ0n) is 11.8. The summed E-state index contributed by atoms with van der Waals surface area (Å²) in [5.74, 6) is -0.329.